The van der Waals surface area contributed by atoms with Gasteiger partial charge in [-0.15, -0.1) is 0 Å². The van der Waals surface area contributed by atoms with Gasteiger partial charge in [-0.1, -0.05) is 69.3 Å². The van der Waals surface area contributed by atoms with Crippen molar-refractivity contribution in [3.63, 3.8) is 0 Å². The number of halogens is 2. The summed E-state index contributed by atoms with van der Waals surface area (Å²) in [6.07, 6.45) is 2.27. The number of allylic oxidation sites excluding steroid dienone is 1. The molecule has 1 atom stereocenters. The predicted octanol–water partition coefficient (Wildman–Crippen LogP) is 9.55. The number of carbonyl (C=O) groups is 3. The zero-order valence-corrected chi connectivity index (χ0v) is 33.0. The molecule has 1 heterocycles. The van der Waals surface area contributed by atoms with Gasteiger partial charge in [-0.05, 0) is 85.1 Å². The third-order valence-corrected chi connectivity index (χ3v) is 14.1. The molecule has 0 unspecified atom stereocenters. The quantitative estimate of drug-likeness (QED) is 0.0740. The van der Waals surface area contributed by atoms with Crippen molar-refractivity contribution in [2.24, 2.45) is 0 Å². The van der Waals surface area contributed by atoms with Crippen LogP contribution >= 0.6 is 0 Å². The van der Waals surface area contributed by atoms with Crippen LogP contribution in [0.1, 0.15) is 75.2 Å². The molecule has 0 fully saturated rings. The van der Waals surface area contributed by atoms with E-state index in [1.54, 1.807) is 24.3 Å². The van der Waals surface area contributed by atoms with Crippen LogP contribution in [0.25, 0.3) is 28.3 Å². The molecule has 1 aromatic heterocycles. The summed E-state index contributed by atoms with van der Waals surface area (Å²) in [7, 11) is 0.317. The van der Waals surface area contributed by atoms with Gasteiger partial charge in [0.1, 0.15) is 11.5 Å². The van der Waals surface area contributed by atoms with Crippen LogP contribution in [0.5, 0.6) is 5.75 Å². The number of nitrogens with zero attached hydrogens (tertiary/aromatic N) is 1. The molecule has 0 saturated heterocycles. The van der Waals surface area contributed by atoms with Gasteiger partial charge in [0.15, 0.2) is 25.7 Å². The summed E-state index contributed by atoms with van der Waals surface area (Å²) >= 11 is 0. The molecule has 0 aliphatic heterocycles. The number of amides is 1. The standard InChI is InChI=1S/C42H50F2N2O6Si/c1-27(2)46-35(21-20-32(47)24-33(25-37(48)51-7)52-53(8,9)42(3,4)5)38(30-16-18-31(43)19-17-30)39(29-13-11-10-12-14-29)40(46)41(49)45-26-28-15-22-36(50-6)34(44)23-28/h10-23,27,33H,24-26H2,1-9H3,(H,45,49)/b21-20+/t33-/m0/s1. The van der Waals surface area contributed by atoms with Gasteiger partial charge in [0, 0.05) is 30.1 Å². The molecule has 0 spiro atoms. The number of benzene rings is 3. The van der Waals surface area contributed by atoms with Crippen LogP contribution in [0.2, 0.25) is 18.1 Å². The van der Waals surface area contributed by atoms with Crippen molar-refractivity contribution in [3.8, 4) is 28.0 Å². The van der Waals surface area contributed by atoms with E-state index in [1.807, 2.05) is 48.7 Å². The molecule has 11 heteroatoms. The van der Waals surface area contributed by atoms with Crippen molar-refractivity contribution in [3.05, 3.63) is 107 Å². The first kappa shape index (κ1) is 40.9. The average Bonchev–Trinajstić information content (AvgIpc) is 3.45. The number of nitrogens with one attached hydrogen (secondary N) is 1. The number of ketones is 1. The number of carbonyl (C=O) groups excluding carboxylic acids is 3. The van der Waals surface area contributed by atoms with Crippen LogP contribution in [0, 0.1) is 11.6 Å². The maximum atomic E-state index is 14.5. The lowest BCUT2D eigenvalue weighted by Gasteiger charge is -2.39. The van der Waals surface area contributed by atoms with Gasteiger partial charge in [-0.25, -0.2) is 8.78 Å². The minimum absolute atomic E-state index is 0.0304. The van der Waals surface area contributed by atoms with E-state index in [9.17, 15) is 23.2 Å². The third kappa shape index (κ3) is 9.97. The van der Waals surface area contributed by atoms with Crippen molar-refractivity contribution >= 4 is 32.1 Å². The number of ether oxygens (including phenoxy) is 2. The van der Waals surface area contributed by atoms with Crippen LogP contribution < -0.4 is 10.1 Å². The summed E-state index contributed by atoms with van der Waals surface area (Å²) in [6, 6.07) is 19.6. The van der Waals surface area contributed by atoms with E-state index in [1.165, 1.54) is 44.6 Å². The summed E-state index contributed by atoms with van der Waals surface area (Å²) < 4.78 is 47.2. The van der Waals surface area contributed by atoms with Crippen molar-refractivity contribution in [2.45, 2.75) is 84.3 Å². The van der Waals surface area contributed by atoms with Crippen LogP contribution in [-0.4, -0.2) is 50.9 Å². The van der Waals surface area contributed by atoms with E-state index in [-0.39, 0.29) is 42.0 Å². The summed E-state index contributed by atoms with van der Waals surface area (Å²) in [6.45, 7) is 14.3. The molecule has 8 nitrogen and oxygen atoms in total. The van der Waals surface area contributed by atoms with Crippen molar-refractivity contribution in [1.29, 1.82) is 0 Å². The number of rotatable bonds is 15. The Morgan fingerprint density at radius 3 is 2.09 bits per heavy atom. The number of methoxy groups -OCH3 is 2. The minimum atomic E-state index is -2.37. The molecule has 0 saturated carbocycles. The largest absolute Gasteiger partial charge is 0.494 e. The Morgan fingerprint density at radius 2 is 1.53 bits per heavy atom. The molecule has 0 aliphatic carbocycles. The smallest absolute Gasteiger partial charge is 0.308 e. The zero-order valence-electron chi connectivity index (χ0n) is 32.0. The summed E-state index contributed by atoms with van der Waals surface area (Å²) in [4.78, 5) is 40.5. The Balaban J connectivity index is 1.86. The third-order valence-electron chi connectivity index (χ3n) is 9.58. The van der Waals surface area contributed by atoms with Crippen molar-refractivity contribution < 1.29 is 37.1 Å². The first-order chi connectivity index (χ1) is 25.0. The number of hydrogen-bond donors (Lipinski definition) is 1. The molecule has 4 rings (SSSR count). The molecule has 0 aliphatic rings. The number of esters is 1. The fraction of sp³-hybridized carbons (Fsp3) is 0.357. The SMILES string of the molecule is COC(=O)C[C@H](CC(=O)/C=C/c1c(-c2ccc(F)cc2)c(-c2ccccc2)c(C(=O)NCc2ccc(OC)c(F)c2)n1C(C)C)O[Si](C)(C)C(C)(C)C. The fourth-order valence-corrected chi connectivity index (χ4v) is 7.25. The van der Waals surface area contributed by atoms with Gasteiger partial charge in [-0.3, -0.25) is 14.4 Å². The highest BCUT2D eigenvalue weighted by Gasteiger charge is 2.40. The zero-order chi connectivity index (χ0) is 39.1. The van der Waals surface area contributed by atoms with Crippen LogP contribution in [0.4, 0.5) is 8.78 Å². The molecular formula is C42H50F2N2O6Si. The highest BCUT2D eigenvalue weighted by molar-refractivity contribution is 6.74. The first-order valence-corrected chi connectivity index (χ1v) is 20.5. The molecule has 3 aromatic carbocycles. The van der Waals surface area contributed by atoms with Crippen LogP contribution in [-0.2, 0) is 25.3 Å². The van der Waals surface area contributed by atoms with Gasteiger partial charge < -0.3 is 23.8 Å². The predicted molar refractivity (Wildman–Crippen MR) is 207 cm³/mol. The monoisotopic (exact) mass is 744 g/mol. The Bertz CT molecular complexity index is 1950. The minimum Gasteiger partial charge on any atom is -0.494 e. The van der Waals surface area contributed by atoms with Gasteiger partial charge in [-0.2, -0.15) is 0 Å². The van der Waals surface area contributed by atoms with E-state index in [0.717, 1.165) is 5.56 Å². The van der Waals surface area contributed by atoms with Gasteiger partial charge in [0.05, 0.1) is 32.4 Å². The Hall–Kier alpha value is -4.87. The van der Waals surface area contributed by atoms with Gasteiger partial charge >= 0.3 is 5.97 Å². The van der Waals surface area contributed by atoms with Crippen molar-refractivity contribution in [2.75, 3.05) is 14.2 Å². The van der Waals surface area contributed by atoms with Crippen LogP contribution in [0.3, 0.4) is 0 Å². The average molecular weight is 745 g/mol. The van der Waals surface area contributed by atoms with E-state index < -0.39 is 37.9 Å². The lowest BCUT2D eigenvalue weighted by atomic mass is 9.94. The second kappa shape index (κ2) is 17.3. The molecule has 4 aromatic rings. The van der Waals surface area contributed by atoms with E-state index in [4.69, 9.17) is 13.9 Å². The highest BCUT2D eigenvalue weighted by Crippen LogP contribution is 2.43. The lowest BCUT2D eigenvalue weighted by Crippen LogP contribution is -2.44. The summed E-state index contributed by atoms with van der Waals surface area (Å²) in [5, 5.41) is 2.80. The molecule has 282 valence electrons. The highest BCUT2D eigenvalue weighted by atomic mass is 28.4. The summed E-state index contributed by atoms with van der Waals surface area (Å²) in [5.74, 6) is -2.06. The van der Waals surface area contributed by atoms with E-state index in [0.29, 0.717) is 33.6 Å². The Morgan fingerprint density at radius 1 is 0.887 bits per heavy atom. The van der Waals surface area contributed by atoms with Crippen LogP contribution in [0.15, 0.2) is 78.9 Å². The molecule has 0 bridgehead atoms. The maximum absolute atomic E-state index is 14.5. The maximum Gasteiger partial charge on any atom is 0.308 e. The van der Waals surface area contributed by atoms with E-state index >= 15 is 0 Å². The van der Waals surface area contributed by atoms with Gasteiger partial charge in [0.25, 0.3) is 5.91 Å². The Kier molecular flexibility index (Phi) is 13.3. The Labute approximate surface area is 312 Å². The lowest BCUT2D eigenvalue weighted by molar-refractivity contribution is -0.142. The molecule has 1 amide bonds. The van der Waals surface area contributed by atoms with Gasteiger partial charge in [0.2, 0.25) is 0 Å². The summed E-state index contributed by atoms with van der Waals surface area (Å²) in [5.41, 5.74) is 3.97. The normalized spacial score (nSPS) is 12.6. The fourth-order valence-electron chi connectivity index (χ4n) is 5.89. The van der Waals surface area contributed by atoms with Crippen molar-refractivity contribution in [1.82, 2.24) is 9.88 Å². The molecule has 53 heavy (non-hydrogen) atoms. The number of hydrogen-bond acceptors (Lipinski definition) is 6. The topological polar surface area (TPSA) is 95.9 Å². The molecule has 0 radical (unpaired) electrons. The molecule has 1 N–H and O–H groups in total. The second-order valence-electron chi connectivity index (χ2n) is 14.8. The van der Waals surface area contributed by atoms with E-state index in [2.05, 4.69) is 39.2 Å². The number of aromatic nitrogens is 1. The second-order valence-corrected chi connectivity index (χ2v) is 19.5. The molecular weight excluding hydrogens is 695 g/mol. The first-order valence-electron chi connectivity index (χ1n) is 17.6.